The van der Waals surface area contributed by atoms with Gasteiger partial charge in [0.15, 0.2) is 0 Å². The molecule has 69 heavy (non-hydrogen) atoms. The summed E-state index contributed by atoms with van der Waals surface area (Å²) < 4.78 is 2.29. The Morgan fingerprint density at radius 1 is 0.507 bits per heavy atom. The molecule has 0 unspecified atom stereocenters. The number of aromatic nitrogens is 3. The Bertz CT molecular complexity index is 3310. The summed E-state index contributed by atoms with van der Waals surface area (Å²) in [5.74, 6) is 0.920. The largest absolute Gasteiger partial charge is 0.507 e. The molecule has 0 spiro atoms. The topological polar surface area (TPSA) is 50.9 Å². The monoisotopic (exact) mass is 1090 g/mol. The fraction of sp³-hybridized carbons (Fsp3) is 0.250. The maximum atomic E-state index is 12.7. The van der Waals surface area contributed by atoms with E-state index in [1.807, 2.05) is 6.20 Å². The number of aryl methyl sites for hydroxylation is 1. The van der Waals surface area contributed by atoms with Crippen LogP contribution in [0.2, 0.25) is 0 Å². The van der Waals surface area contributed by atoms with Gasteiger partial charge in [0.25, 0.3) is 0 Å². The smallest absolute Gasteiger partial charge is 0.148 e. The first kappa shape index (κ1) is 49.1. The van der Waals surface area contributed by atoms with E-state index in [-0.39, 0.29) is 48.5 Å². The van der Waals surface area contributed by atoms with Crippen molar-refractivity contribution in [1.82, 2.24) is 14.5 Å². The summed E-state index contributed by atoms with van der Waals surface area (Å²) in [4.78, 5) is 10.7. The van der Waals surface area contributed by atoms with Crippen LogP contribution in [0, 0.1) is 18.4 Å². The van der Waals surface area contributed by atoms with Crippen LogP contribution < -0.4 is 0 Å². The number of hydrogen-bond acceptors (Lipinski definition) is 3. The number of imidazole rings is 1. The van der Waals surface area contributed by atoms with Crippen LogP contribution in [0.15, 0.2) is 164 Å². The Labute approximate surface area is 424 Å². The molecule has 0 saturated carbocycles. The Morgan fingerprint density at radius 2 is 1.13 bits per heavy atom. The van der Waals surface area contributed by atoms with Crippen LogP contribution in [-0.2, 0) is 37.3 Å². The number of benzene rings is 7. The van der Waals surface area contributed by atoms with Gasteiger partial charge in [-0.3, -0.25) is 9.55 Å². The van der Waals surface area contributed by atoms with Gasteiger partial charge in [-0.15, -0.1) is 23.8 Å². The predicted octanol–water partition coefficient (Wildman–Crippen LogP) is 17.2. The second kappa shape index (κ2) is 18.5. The molecule has 0 fully saturated rings. The van der Waals surface area contributed by atoms with E-state index in [0.717, 1.165) is 83.6 Å². The summed E-state index contributed by atoms with van der Waals surface area (Å²) >= 11 is 0. The number of phenolic OH excluding ortho intramolecular Hbond substituents is 1. The average Bonchev–Trinajstić information content (AvgIpc) is 3.70. The number of pyridine rings is 1. The number of fused-ring (bicyclic) bond motifs is 1. The first-order valence-electron chi connectivity index (χ1n) is 24.0. The molecule has 0 aliphatic heterocycles. The molecule has 4 nitrogen and oxygen atoms in total. The van der Waals surface area contributed by atoms with E-state index in [2.05, 4.69) is 251 Å². The molecular weight excluding hydrogens is 1020 g/mol. The van der Waals surface area contributed by atoms with Crippen molar-refractivity contribution in [3.05, 3.63) is 192 Å². The summed E-state index contributed by atoms with van der Waals surface area (Å²) in [6.45, 7) is 26.9. The summed E-state index contributed by atoms with van der Waals surface area (Å²) in [7, 11) is 0. The van der Waals surface area contributed by atoms with Crippen molar-refractivity contribution in [3.8, 4) is 78.6 Å². The number of hydrogen-bond donors (Lipinski definition) is 1. The van der Waals surface area contributed by atoms with Crippen LogP contribution in [0.5, 0.6) is 5.75 Å². The Hall–Kier alpha value is -6.35. The van der Waals surface area contributed by atoms with Crippen LogP contribution in [0.1, 0.15) is 98.4 Å². The van der Waals surface area contributed by atoms with Gasteiger partial charge in [0, 0.05) is 44.1 Å². The van der Waals surface area contributed by atoms with Gasteiger partial charge in [-0.1, -0.05) is 214 Å². The van der Waals surface area contributed by atoms with Crippen molar-refractivity contribution in [2.24, 2.45) is 5.41 Å². The molecule has 0 saturated heterocycles. The van der Waals surface area contributed by atoms with Crippen molar-refractivity contribution >= 4 is 11.0 Å². The van der Waals surface area contributed by atoms with Crippen molar-refractivity contribution in [2.45, 2.75) is 99.3 Å². The average molecular weight is 1090 g/mol. The zero-order chi connectivity index (χ0) is 48.3. The molecule has 7 aromatic carbocycles. The fourth-order valence-electron chi connectivity index (χ4n) is 9.11. The van der Waals surface area contributed by atoms with Gasteiger partial charge in [0.1, 0.15) is 11.6 Å². The van der Waals surface area contributed by atoms with E-state index in [4.69, 9.17) is 9.97 Å². The van der Waals surface area contributed by atoms with Gasteiger partial charge in [-0.05, 0) is 92.3 Å². The molecule has 0 atom stereocenters. The van der Waals surface area contributed by atoms with Gasteiger partial charge >= 0.3 is 0 Å². The Morgan fingerprint density at radius 3 is 1.77 bits per heavy atom. The quantitative estimate of drug-likeness (QED) is 0.154. The molecule has 9 aromatic rings. The number of phenols is 1. The van der Waals surface area contributed by atoms with Gasteiger partial charge in [0.2, 0.25) is 0 Å². The van der Waals surface area contributed by atoms with Crippen molar-refractivity contribution in [1.29, 1.82) is 0 Å². The number of nitrogens with zero attached hydrogens (tertiary/aromatic N) is 3. The standard InChI is InChI=1S/C64H64N3O.Pt/c1-41-26-28-43(29-27-41)45-32-33-65-55(37-45)48-35-46(42-20-15-13-16-21-42)34-47(36-48)51-24-19-25-57-58(51)66-60(53-39-50(61(2,3)4)40-54(59(53)68)62(5,6)7)67(57)56-31-30-49(64(11,12)63(8,9)10)38-52(56)44-22-17-14-18-23-44;/h13-35,37-40,68H,1-12H3;/q-1;. The molecule has 2 heterocycles. The molecule has 0 amide bonds. The van der Waals surface area contributed by atoms with E-state index in [0.29, 0.717) is 11.4 Å². The van der Waals surface area contributed by atoms with Crippen molar-refractivity contribution in [2.75, 3.05) is 0 Å². The second-order valence-corrected chi connectivity index (χ2v) is 22.2. The summed E-state index contributed by atoms with van der Waals surface area (Å²) in [5.41, 5.74) is 17.4. The van der Waals surface area contributed by atoms with Crippen LogP contribution in [0.25, 0.3) is 83.9 Å². The number of rotatable bonds is 8. The zero-order valence-electron chi connectivity index (χ0n) is 42.2. The van der Waals surface area contributed by atoms with E-state index >= 15 is 0 Å². The Kier molecular flexibility index (Phi) is 13.2. The maximum absolute atomic E-state index is 12.7. The SMILES string of the molecule is Cc1ccc(-c2ccnc(-c3[c-]c(-c4cccc5c4nc(-c4cc(C(C)(C)C)cc(C(C)(C)C)c4O)n5-c4ccc(C(C)(C)C(C)(C)C)cc4-c4ccccc4)cc(-c4ccccc4)c3)c2)cc1.[Pt]. The molecule has 1 N–H and O–H groups in total. The first-order chi connectivity index (χ1) is 32.2. The van der Waals surface area contributed by atoms with Gasteiger partial charge in [0.05, 0.1) is 22.3 Å². The summed E-state index contributed by atoms with van der Waals surface area (Å²) in [6.07, 6.45) is 1.89. The molecule has 352 valence electrons. The minimum absolute atomic E-state index is 0. The Balaban J connectivity index is 0.00000642. The number of para-hydroxylation sites is 1. The number of aromatic hydroxyl groups is 1. The summed E-state index contributed by atoms with van der Waals surface area (Å²) in [5, 5.41) is 12.7. The third-order valence-electron chi connectivity index (χ3n) is 14.3. The normalized spacial score (nSPS) is 12.3. The van der Waals surface area contributed by atoms with Crippen molar-refractivity contribution < 1.29 is 26.2 Å². The maximum Gasteiger partial charge on any atom is 0.148 e. The van der Waals surface area contributed by atoms with Crippen LogP contribution >= 0.6 is 0 Å². The minimum atomic E-state index is -0.342. The zero-order valence-corrected chi connectivity index (χ0v) is 44.5. The molecule has 2 aromatic heterocycles. The first-order valence-corrected chi connectivity index (χ1v) is 24.0. The van der Waals surface area contributed by atoms with E-state index in [1.54, 1.807) is 0 Å². The second-order valence-electron chi connectivity index (χ2n) is 22.2. The molecule has 5 heteroatoms. The third kappa shape index (κ3) is 9.54. The molecule has 9 rings (SSSR count). The van der Waals surface area contributed by atoms with Gasteiger partial charge in [-0.2, -0.15) is 0 Å². The van der Waals surface area contributed by atoms with E-state index in [9.17, 15) is 5.11 Å². The predicted molar refractivity (Wildman–Crippen MR) is 287 cm³/mol. The van der Waals surface area contributed by atoms with Gasteiger partial charge < -0.3 is 5.11 Å². The van der Waals surface area contributed by atoms with E-state index in [1.165, 1.54) is 11.1 Å². The van der Waals surface area contributed by atoms with Crippen LogP contribution in [-0.4, -0.2) is 19.6 Å². The fourth-order valence-corrected chi connectivity index (χ4v) is 9.11. The summed E-state index contributed by atoms with van der Waals surface area (Å²) in [6, 6.07) is 60.1. The van der Waals surface area contributed by atoms with Crippen LogP contribution in [0.4, 0.5) is 0 Å². The van der Waals surface area contributed by atoms with Gasteiger partial charge in [-0.25, -0.2) is 4.98 Å². The van der Waals surface area contributed by atoms with Crippen LogP contribution in [0.3, 0.4) is 0 Å². The van der Waals surface area contributed by atoms with E-state index < -0.39 is 0 Å². The molecule has 0 radical (unpaired) electrons. The molecular formula is C64H64N3OPt-. The van der Waals surface area contributed by atoms with Crippen molar-refractivity contribution in [3.63, 3.8) is 0 Å². The minimum Gasteiger partial charge on any atom is -0.507 e. The molecule has 0 aliphatic carbocycles. The third-order valence-corrected chi connectivity index (χ3v) is 14.3. The molecule has 0 aliphatic rings. The molecule has 0 bridgehead atoms.